The third kappa shape index (κ3) is 3.05. The molecule has 2 atom stereocenters. The number of aryl methyl sites for hydroxylation is 1. The molecule has 23 heavy (non-hydrogen) atoms. The van der Waals surface area contributed by atoms with Gasteiger partial charge in [-0.05, 0) is 31.5 Å². The van der Waals surface area contributed by atoms with Gasteiger partial charge >= 0.3 is 0 Å². The molecule has 1 N–H and O–H groups in total. The Morgan fingerprint density at radius 3 is 2.78 bits per heavy atom. The maximum absolute atomic E-state index is 14.0. The molecule has 120 valence electrons. The predicted molar refractivity (Wildman–Crippen MR) is 77.5 cm³/mol. The van der Waals surface area contributed by atoms with E-state index in [0.717, 1.165) is 18.2 Å². The zero-order valence-electron chi connectivity index (χ0n) is 12.4. The van der Waals surface area contributed by atoms with E-state index < -0.39 is 29.7 Å². The number of benzene rings is 1. The van der Waals surface area contributed by atoms with Crippen molar-refractivity contribution in [3.63, 3.8) is 0 Å². The molecule has 1 aliphatic heterocycles. The van der Waals surface area contributed by atoms with Crippen LogP contribution < -0.4 is 0 Å². The number of carbonyl (C=O) groups excluding carboxylic acids is 1. The van der Waals surface area contributed by atoms with Gasteiger partial charge in [0.1, 0.15) is 17.3 Å². The molecule has 0 saturated carbocycles. The number of hydrogen-bond donors (Lipinski definition) is 1. The van der Waals surface area contributed by atoms with Crippen LogP contribution in [0.1, 0.15) is 34.2 Å². The molecular weight excluding hydrogens is 304 g/mol. The summed E-state index contributed by atoms with van der Waals surface area (Å²) >= 11 is 0. The van der Waals surface area contributed by atoms with Gasteiger partial charge in [0.2, 0.25) is 0 Å². The Morgan fingerprint density at radius 2 is 2.09 bits per heavy atom. The molecule has 0 unspecified atom stereocenters. The average Bonchev–Trinajstić information content (AvgIpc) is 2.91. The molecule has 5 nitrogen and oxygen atoms in total. The zero-order valence-corrected chi connectivity index (χ0v) is 12.4. The Bertz CT molecular complexity index is 737. The molecule has 1 aromatic heterocycles. The van der Waals surface area contributed by atoms with Crippen LogP contribution in [0.25, 0.3) is 0 Å². The van der Waals surface area contributed by atoms with Gasteiger partial charge in [-0.1, -0.05) is 0 Å². The standard InChI is InChI=1S/C16H15F2N3O2/c1-9-6-20-14(7-19-9)16(23)21-8-11(22)5-15(21)12-4-10(17)2-3-13(12)18/h2-4,6-7,11,15,22H,5,8H2,1H3/t11-,15+/m1/s1. The minimum absolute atomic E-state index is 0.0367. The Hall–Kier alpha value is -2.41. The van der Waals surface area contributed by atoms with Crippen molar-refractivity contribution < 1.29 is 18.7 Å². The number of halogens is 2. The van der Waals surface area contributed by atoms with E-state index in [9.17, 15) is 18.7 Å². The SMILES string of the molecule is Cc1cnc(C(=O)N2C[C@H](O)C[C@H]2c2cc(F)ccc2F)cn1. The molecule has 1 aliphatic rings. The third-order valence-corrected chi connectivity index (χ3v) is 3.86. The van der Waals surface area contributed by atoms with Gasteiger partial charge in [0.15, 0.2) is 0 Å². The number of likely N-dealkylation sites (tertiary alicyclic amines) is 1. The Kier molecular flexibility index (Phi) is 4.04. The van der Waals surface area contributed by atoms with Crippen molar-refractivity contribution >= 4 is 5.91 Å². The van der Waals surface area contributed by atoms with Crippen LogP contribution in [0.2, 0.25) is 0 Å². The second-order valence-electron chi connectivity index (χ2n) is 5.57. The van der Waals surface area contributed by atoms with E-state index in [1.54, 1.807) is 6.92 Å². The summed E-state index contributed by atoms with van der Waals surface area (Å²) in [5.74, 6) is -1.67. The number of aromatic nitrogens is 2. The molecule has 0 radical (unpaired) electrons. The van der Waals surface area contributed by atoms with Gasteiger partial charge in [0.25, 0.3) is 5.91 Å². The van der Waals surface area contributed by atoms with Crippen LogP contribution in [0.5, 0.6) is 0 Å². The molecule has 0 bridgehead atoms. The van der Waals surface area contributed by atoms with E-state index in [-0.39, 0.29) is 24.2 Å². The van der Waals surface area contributed by atoms with E-state index in [0.29, 0.717) is 5.69 Å². The van der Waals surface area contributed by atoms with Crippen LogP contribution in [0.4, 0.5) is 8.78 Å². The number of nitrogens with zero attached hydrogens (tertiary/aromatic N) is 3. The number of hydrogen-bond acceptors (Lipinski definition) is 4. The fourth-order valence-electron chi connectivity index (χ4n) is 2.75. The lowest BCUT2D eigenvalue weighted by molar-refractivity contribution is 0.0707. The van der Waals surface area contributed by atoms with Gasteiger partial charge in [-0.25, -0.2) is 13.8 Å². The second kappa shape index (κ2) is 6.00. The van der Waals surface area contributed by atoms with Crippen molar-refractivity contribution in [2.24, 2.45) is 0 Å². The maximum Gasteiger partial charge on any atom is 0.274 e. The van der Waals surface area contributed by atoms with Gasteiger partial charge in [0, 0.05) is 18.3 Å². The molecule has 2 aromatic rings. The average molecular weight is 319 g/mol. The Balaban J connectivity index is 1.95. The lowest BCUT2D eigenvalue weighted by atomic mass is 10.0. The Labute approximate surface area is 131 Å². The molecule has 1 aromatic carbocycles. The van der Waals surface area contributed by atoms with E-state index in [4.69, 9.17) is 0 Å². The van der Waals surface area contributed by atoms with Crippen LogP contribution in [0.3, 0.4) is 0 Å². The topological polar surface area (TPSA) is 66.3 Å². The van der Waals surface area contributed by atoms with Crippen molar-refractivity contribution in [3.8, 4) is 0 Å². The molecule has 1 amide bonds. The molecule has 0 spiro atoms. The highest BCUT2D eigenvalue weighted by Crippen LogP contribution is 2.34. The maximum atomic E-state index is 14.0. The van der Waals surface area contributed by atoms with Crippen LogP contribution in [0, 0.1) is 18.6 Å². The van der Waals surface area contributed by atoms with Gasteiger partial charge in [-0.2, -0.15) is 0 Å². The summed E-state index contributed by atoms with van der Waals surface area (Å²) in [4.78, 5) is 21.9. The van der Waals surface area contributed by atoms with Crippen molar-refractivity contribution in [2.45, 2.75) is 25.5 Å². The molecule has 7 heteroatoms. The van der Waals surface area contributed by atoms with Crippen molar-refractivity contribution in [3.05, 3.63) is 59.2 Å². The van der Waals surface area contributed by atoms with E-state index in [1.807, 2.05) is 0 Å². The first-order valence-electron chi connectivity index (χ1n) is 7.18. The number of rotatable bonds is 2. The highest BCUT2D eigenvalue weighted by Gasteiger charge is 2.37. The number of amides is 1. The van der Waals surface area contributed by atoms with E-state index in [2.05, 4.69) is 9.97 Å². The molecular formula is C16H15F2N3O2. The number of β-amino-alcohol motifs (C(OH)–C–C–N with tert-alkyl or cyclic N) is 1. The van der Waals surface area contributed by atoms with Gasteiger partial charge in [-0.3, -0.25) is 9.78 Å². The summed E-state index contributed by atoms with van der Waals surface area (Å²) in [6.07, 6.45) is 2.13. The Morgan fingerprint density at radius 1 is 1.30 bits per heavy atom. The minimum Gasteiger partial charge on any atom is -0.391 e. The van der Waals surface area contributed by atoms with Gasteiger partial charge < -0.3 is 10.0 Å². The van der Waals surface area contributed by atoms with E-state index in [1.165, 1.54) is 17.3 Å². The summed E-state index contributed by atoms with van der Waals surface area (Å²) in [6.45, 7) is 1.78. The lowest BCUT2D eigenvalue weighted by Gasteiger charge is -2.24. The first-order valence-corrected chi connectivity index (χ1v) is 7.18. The van der Waals surface area contributed by atoms with Crippen LogP contribution >= 0.6 is 0 Å². The summed E-state index contributed by atoms with van der Waals surface area (Å²) in [5, 5.41) is 9.89. The molecule has 0 aliphatic carbocycles. The summed E-state index contributed by atoms with van der Waals surface area (Å²) in [7, 11) is 0. The third-order valence-electron chi connectivity index (χ3n) is 3.86. The van der Waals surface area contributed by atoms with Crippen LogP contribution in [0.15, 0.2) is 30.6 Å². The first kappa shape index (κ1) is 15.5. The fourth-order valence-corrected chi connectivity index (χ4v) is 2.75. The smallest absolute Gasteiger partial charge is 0.274 e. The molecule has 3 rings (SSSR count). The largest absolute Gasteiger partial charge is 0.391 e. The minimum atomic E-state index is -0.801. The quantitative estimate of drug-likeness (QED) is 0.919. The molecule has 1 fully saturated rings. The predicted octanol–water partition coefficient (Wildman–Crippen LogP) is 2.01. The first-order chi connectivity index (χ1) is 11.0. The second-order valence-corrected chi connectivity index (χ2v) is 5.57. The number of carbonyl (C=O) groups is 1. The van der Waals surface area contributed by atoms with Crippen LogP contribution in [-0.2, 0) is 0 Å². The summed E-state index contributed by atoms with van der Waals surface area (Å²) in [6, 6.07) is 2.35. The molecule has 2 heterocycles. The zero-order chi connectivity index (χ0) is 16.6. The van der Waals surface area contributed by atoms with Crippen molar-refractivity contribution in [1.82, 2.24) is 14.9 Å². The summed E-state index contributed by atoms with van der Waals surface area (Å²) in [5.41, 5.74) is 0.817. The van der Waals surface area contributed by atoms with Crippen molar-refractivity contribution in [1.29, 1.82) is 0 Å². The summed E-state index contributed by atoms with van der Waals surface area (Å²) < 4.78 is 27.5. The normalized spacial score (nSPS) is 20.8. The molecule has 1 saturated heterocycles. The number of aliphatic hydroxyl groups is 1. The monoisotopic (exact) mass is 319 g/mol. The van der Waals surface area contributed by atoms with Crippen molar-refractivity contribution in [2.75, 3.05) is 6.54 Å². The van der Waals surface area contributed by atoms with Crippen LogP contribution in [-0.4, -0.2) is 38.5 Å². The fraction of sp³-hybridized carbons (Fsp3) is 0.312. The van der Waals surface area contributed by atoms with E-state index >= 15 is 0 Å². The highest BCUT2D eigenvalue weighted by molar-refractivity contribution is 5.92. The lowest BCUT2D eigenvalue weighted by Crippen LogP contribution is -2.32. The van der Waals surface area contributed by atoms with Gasteiger partial charge in [0.05, 0.1) is 24.0 Å². The van der Waals surface area contributed by atoms with Gasteiger partial charge in [-0.15, -0.1) is 0 Å². The number of aliphatic hydroxyl groups excluding tert-OH is 1. The highest BCUT2D eigenvalue weighted by atomic mass is 19.1.